The monoisotopic (exact) mass is 522 g/mol. The summed E-state index contributed by atoms with van der Waals surface area (Å²) in [5.74, 6) is 0.596. The second-order valence-corrected chi connectivity index (χ2v) is 10.8. The Morgan fingerprint density at radius 1 is 1.05 bits per heavy atom. The van der Waals surface area contributed by atoms with Crippen molar-refractivity contribution in [1.29, 1.82) is 0 Å². The number of ether oxygens (including phenoxy) is 1. The number of nitrogens with two attached hydrogens (primary N) is 1. The number of halogens is 1. The molecule has 38 heavy (non-hydrogen) atoms. The summed E-state index contributed by atoms with van der Waals surface area (Å²) < 4.78 is 10.1. The lowest BCUT2D eigenvalue weighted by molar-refractivity contribution is 0.321. The van der Waals surface area contributed by atoms with Crippen molar-refractivity contribution in [3.05, 3.63) is 117 Å². The van der Waals surface area contributed by atoms with Gasteiger partial charge in [0.1, 0.15) is 11.3 Å². The molecule has 0 unspecified atom stereocenters. The Labute approximate surface area is 225 Å². The smallest absolute Gasteiger partial charge is 0.251 e. The zero-order valence-corrected chi connectivity index (χ0v) is 21.8. The minimum Gasteiger partial charge on any atom is -0.492 e. The second kappa shape index (κ2) is 8.58. The predicted octanol–water partition coefficient (Wildman–Crippen LogP) is 5.58. The zero-order valence-electron chi connectivity index (χ0n) is 21.0. The van der Waals surface area contributed by atoms with Crippen molar-refractivity contribution < 1.29 is 4.74 Å². The fourth-order valence-electron chi connectivity index (χ4n) is 5.78. The Hall–Kier alpha value is -3.87. The van der Waals surface area contributed by atoms with Gasteiger partial charge in [-0.1, -0.05) is 48.0 Å². The van der Waals surface area contributed by atoms with Gasteiger partial charge in [-0.05, 0) is 64.9 Å². The van der Waals surface area contributed by atoms with Crippen LogP contribution in [0.4, 0.5) is 0 Å². The lowest BCUT2D eigenvalue weighted by Gasteiger charge is -2.32. The van der Waals surface area contributed by atoms with Crippen molar-refractivity contribution in [3.63, 3.8) is 0 Å². The van der Waals surface area contributed by atoms with Crippen LogP contribution in [-0.4, -0.2) is 20.7 Å². The first kappa shape index (κ1) is 23.3. The lowest BCUT2D eigenvalue weighted by atomic mass is 9.80. The van der Waals surface area contributed by atoms with Gasteiger partial charge in [-0.3, -0.25) is 4.79 Å². The maximum atomic E-state index is 13.4. The number of benzene rings is 3. The summed E-state index contributed by atoms with van der Waals surface area (Å²) in [6.07, 6.45) is 6.31. The van der Waals surface area contributed by atoms with Crippen LogP contribution in [0.5, 0.6) is 5.75 Å². The number of hydrogen-bond acceptors (Lipinski definition) is 4. The number of nitrogens with zero attached hydrogens (tertiary/aromatic N) is 3. The first-order valence-corrected chi connectivity index (χ1v) is 13.3. The average Bonchev–Trinajstić information content (AvgIpc) is 3.66. The van der Waals surface area contributed by atoms with E-state index in [9.17, 15) is 4.79 Å². The number of hydrogen-bond donors (Lipinski definition) is 1. The molecule has 3 aromatic carbocycles. The standard InChI is InChI=1S/C31H27ClN4O2/c1-35-18-34-17-29(35)31(33)21-6-10-27-25(14-21)24(16-30(37)36(27)23-7-8-23)20-4-2-3-19(13-20)11-12-38-28-15-22(31)5-9-26(28)32/h2-6,9-10,13-18,23H,7-8,11-12,33H2,1H3/t31-/m0/s1. The molecule has 1 atom stereocenters. The number of rotatable bonds is 2. The van der Waals surface area contributed by atoms with Crippen molar-refractivity contribution in [3.8, 4) is 16.9 Å². The van der Waals surface area contributed by atoms with E-state index in [1.54, 1.807) is 18.6 Å². The van der Waals surface area contributed by atoms with E-state index >= 15 is 0 Å². The number of fused-ring (bicyclic) bond motifs is 6. The molecule has 0 amide bonds. The highest BCUT2D eigenvalue weighted by Crippen LogP contribution is 2.42. The minimum absolute atomic E-state index is 0.0330. The van der Waals surface area contributed by atoms with E-state index in [0.717, 1.165) is 57.3 Å². The van der Waals surface area contributed by atoms with Crippen molar-refractivity contribution in [1.82, 2.24) is 14.1 Å². The van der Waals surface area contributed by atoms with E-state index in [1.807, 2.05) is 46.5 Å². The molecular weight excluding hydrogens is 496 g/mol. The normalized spacial score (nSPS) is 18.8. The number of aryl methyl sites for hydroxylation is 1. The summed E-state index contributed by atoms with van der Waals surface area (Å²) in [6, 6.07) is 22.3. The van der Waals surface area contributed by atoms with Gasteiger partial charge in [0.2, 0.25) is 0 Å². The third kappa shape index (κ3) is 3.59. The van der Waals surface area contributed by atoms with Gasteiger partial charge < -0.3 is 19.6 Å². The lowest BCUT2D eigenvalue weighted by Crippen LogP contribution is -2.41. The Balaban J connectivity index is 1.60. The first-order valence-electron chi connectivity index (χ1n) is 12.9. The van der Waals surface area contributed by atoms with Crippen LogP contribution in [-0.2, 0) is 19.0 Å². The average molecular weight is 523 g/mol. The molecule has 7 heteroatoms. The molecule has 190 valence electrons. The molecule has 1 saturated carbocycles. The van der Waals surface area contributed by atoms with Crippen LogP contribution in [0.1, 0.15) is 41.3 Å². The van der Waals surface area contributed by atoms with Crippen LogP contribution in [0, 0.1) is 0 Å². The Bertz CT molecular complexity index is 1790. The Morgan fingerprint density at radius 2 is 1.87 bits per heavy atom. The summed E-state index contributed by atoms with van der Waals surface area (Å²) in [7, 11) is 1.94. The number of pyridine rings is 1. The van der Waals surface area contributed by atoms with Crippen molar-refractivity contribution in [2.24, 2.45) is 12.8 Å². The maximum absolute atomic E-state index is 13.4. The highest BCUT2D eigenvalue weighted by atomic mass is 35.5. The summed E-state index contributed by atoms with van der Waals surface area (Å²) in [6.45, 7) is 0.458. The van der Waals surface area contributed by atoms with E-state index in [1.165, 1.54) is 0 Å². The minimum atomic E-state index is -1.05. The molecule has 3 heterocycles. The van der Waals surface area contributed by atoms with Gasteiger partial charge in [-0.2, -0.15) is 0 Å². The highest BCUT2D eigenvalue weighted by Gasteiger charge is 2.36. The van der Waals surface area contributed by atoms with E-state index in [2.05, 4.69) is 35.3 Å². The molecule has 6 bridgehead atoms. The molecule has 2 aliphatic rings. The molecule has 0 radical (unpaired) electrons. The van der Waals surface area contributed by atoms with E-state index in [0.29, 0.717) is 23.8 Å². The van der Waals surface area contributed by atoms with Gasteiger partial charge in [-0.15, -0.1) is 0 Å². The molecule has 2 N–H and O–H groups in total. The van der Waals surface area contributed by atoms with Crippen LogP contribution < -0.4 is 16.0 Å². The van der Waals surface area contributed by atoms with Crippen molar-refractivity contribution in [2.75, 3.05) is 6.61 Å². The molecule has 1 aliphatic carbocycles. The third-order valence-electron chi connectivity index (χ3n) is 7.91. The van der Waals surface area contributed by atoms with E-state index in [4.69, 9.17) is 22.1 Å². The van der Waals surface area contributed by atoms with Gasteiger partial charge in [0.05, 0.1) is 35.4 Å². The van der Waals surface area contributed by atoms with Gasteiger partial charge in [0.25, 0.3) is 5.56 Å². The number of imidazole rings is 1. The van der Waals surface area contributed by atoms with Crippen LogP contribution >= 0.6 is 11.6 Å². The third-order valence-corrected chi connectivity index (χ3v) is 8.22. The second-order valence-electron chi connectivity index (χ2n) is 10.4. The quantitative estimate of drug-likeness (QED) is 0.328. The Morgan fingerprint density at radius 3 is 2.66 bits per heavy atom. The Kier molecular flexibility index (Phi) is 5.25. The molecule has 6 nitrogen and oxygen atoms in total. The van der Waals surface area contributed by atoms with Gasteiger partial charge in [0.15, 0.2) is 0 Å². The summed E-state index contributed by atoms with van der Waals surface area (Å²) >= 11 is 6.57. The van der Waals surface area contributed by atoms with Gasteiger partial charge >= 0.3 is 0 Å². The molecule has 1 aliphatic heterocycles. The number of aromatic nitrogens is 3. The maximum Gasteiger partial charge on any atom is 0.251 e. The van der Waals surface area contributed by atoms with Crippen LogP contribution in [0.25, 0.3) is 22.0 Å². The molecule has 2 aromatic heterocycles. The largest absolute Gasteiger partial charge is 0.492 e. The van der Waals surface area contributed by atoms with Gasteiger partial charge in [0, 0.05) is 31.0 Å². The summed E-state index contributed by atoms with van der Waals surface area (Å²) in [5, 5.41) is 1.54. The highest BCUT2D eigenvalue weighted by molar-refractivity contribution is 6.32. The molecule has 7 rings (SSSR count). The van der Waals surface area contributed by atoms with Gasteiger partial charge in [-0.25, -0.2) is 4.98 Å². The summed E-state index contributed by atoms with van der Waals surface area (Å²) in [5.41, 5.74) is 12.9. The molecule has 5 aromatic rings. The fourth-order valence-corrected chi connectivity index (χ4v) is 5.95. The zero-order chi connectivity index (χ0) is 26.0. The molecule has 0 spiro atoms. The van der Waals surface area contributed by atoms with Crippen molar-refractivity contribution >= 4 is 22.5 Å². The van der Waals surface area contributed by atoms with Crippen LogP contribution in [0.3, 0.4) is 0 Å². The van der Waals surface area contributed by atoms with Crippen molar-refractivity contribution in [2.45, 2.75) is 30.8 Å². The predicted molar refractivity (Wildman–Crippen MR) is 150 cm³/mol. The molecule has 1 fully saturated rings. The SMILES string of the molecule is Cn1cncc1[C@@]1(N)c2ccc(Cl)c(c2)OCCc2cccc(c2)-c2cc(=O)n(C3CC3)c3ccc1cc23. The van der Waals surface area contributed by atoms with E-state index < -0.39 is 5.54 Å². The summed E-state index contributed by atoms with van der Waals surface area (Å²) in [4.78, 5) is 17.8. The van der Waals surface area contributed by atoms with Crippen LogP contribution in [0.15, 0.2) is 84.0 Å². The molecule has 0 saturated heterocycles. The first-order chi connectivity index (χ1) is 18.4. The van der Waals surface area contributed by atoms with Crippen LogP contribution in [0.2, 0.25) is 5.02 Å². The fraction of sp³-hybridized carbons (Fsp3) is 0.226. The molecular formula is C31H27ClN4O2. The van der Waals surface area contributed by atoms with E-state index in [-0.39, 0.29) is 11.6 Å². The topological polar surface area (TPSA) is 75.1 Å².